The number of rotatable bonds is 7. The number of carbonyl (C=O) groups is 1. The molecule has 8 nitrogen and oxygen atoms in total. The number of sulfonamides is 1. The highest BCUT2D eigenvalue weighted by molar-refractivity contribution is 7.89. The topological polar surface area (TPSA) is 119 Å². The summed E-state index contributed by atoms with van der Waals surface area (Å²) >= 11 is 0. The summed E-state index contributed by atoms with van der Waals surface area (Å²) < 4.78 is 28.2. The van der Waals surface area contributed by atoms with Gasteiger partial charge < -0.3 is 15.6 Å². The van der Waals surface area contributed by atoms with E-state index in [0.29, 0.717) is 18.3 Å². The van der Waals surface area contributed by atoms with Gasteiger partial charge in [-0.3, -0.25) is 4.79 Å². The number of aryl methyl sites for hydroxylation is 2. The minimum atomic E-state index is -3.68. The first-order valence-electron chi connectivity index (χ1n) is 7.82. The summed E-state index contributed by atoms with van der Waals surface area (Å²) in [5.74, 6) is 0.777. The Hall–Kier alpha value is -1.16. The fraction of sp³-hybridized carbons (Fsp3) is 0.714. The third kappa shape index (κ3) is 5.17. The fourth-order valence-electron chi connectivity index (χ4n) is 2.82. The van der Waals surface area contributed by atoms with Crippen molar-refractivity contribution in [3.05, 3.63) is 12.0 Å². The molecule has 1 aromatic rings. The second-order valence-corrected chi connectivity index (χ2v) is 7.70. The molecule has 1 aliphatic carbocycles. The molecule has 24 heavy (non-hydrogen) atoms. The van der Waals surface area contributed by atoms with Gasteiger partial charge in [0.15, 0.2) is 5.03 Å². The van der Waals surface area contributed by atoms with Crippen molar-refractivity contribution >= 4 is 28.3 Å². The highest BCUT2D eigenvalue weighted by Crippen LogP contribution is 2.24. The van der Waals surface area contributed by atoms with Crippen LogP contribution in [-0.4, -0.2) is 43.0 Å². The molecule has 0 aliphatic heterocycles. The summed E-state index contributed by atoms with van der Waals surface area (Å²) in [5, 5.41) is 2.91. The number of nitrogens with one attached hydrogen (secondary N) is 2. The molecule has 1 saturated carbocycles. The zero-order valence-electron chi connectivity index (χ0n) is 14.0. The van der Waals surface area contributed by atoms with Gasteiger partial charge in [0.05, 0.1) is 0 Å². The summed E-state index contributed by atoms with van der Waals surface area (Å²) in [6, 6.07) is 0.113. The predicted octanol–water partition coefficient (Wildman–Crippen LogP) is 0.0623. The monoisotopic (exact) mass is 379 g/mol. The molecule has 2 unspecified atom stereocenters. The van der Waals surface area contributed by atoms with E-state index >= 15 is 0 Å². The van der Waals surface area contributed by atoms with Crippen LogP contribution in [-0.2, 0) is 21.9 Å². The van der Waals surface area contributed by atoms with Crippen LogP contribution >= 0.6 is 12.4 Å². The van der Waals surface area contributed by atoms with E-state index in [0.717, 1.165) is 19.3 Å². The van der Waals surface area contributed by atoms with Crippen LogP contribution in [0.4, 0.5) is 0 Å². The van der Waals surface area contributed by atoms with Crippen LogP contribution in [0.25, 0.3) is 0 Å². The zero-order valence-corrected chi connectivity index (χ0v) is 15.6. The summed E-state index contributed by atoms with van der Waals surface area (Å²) in [6.45, 7) is 2.34. The average molecular weight is 380 g/mol. The first-order chi connectivity index (χ1) is 10.8. The van der Waals surface area contributed by atoms with Crippen molar-refractivity contribution in [1.82, 2.24) is 19.6 Å². The van der Waals surface area contributed by atoms with Crippen molar-refractivity contribution in [2.45, 2.75) is 43.7 Å². The minimum Gasteiger partial charge on any atom is -0.353 e. The van der Waals surface area contributed by atoms with E-state index in [1.807, 2.05) is 0 Å². The molecule has 1 aliphatic rings. The van der Waals surface area contributed by atoms with Crippen LogP contribution in [0.2, 0.25) is 0 Å². The van der Waals surface area contributed by atoms with E-state index in [-0.39, 0.29) is 42.3 Å². The molecule has 2 atom stereocenters. The highest BCUT2D eigenvalue weighted by atomic mass is 35.5. The van der Waals surface area contributed by atoms with Crippen molar-refractivity contribution < 1.29 is 13.2 Å². The molecule has 1 heterocycles. The van der Waals surface area contributed by atoms with Crippen LogP contribution in [0.5, 0.6) is 0 Å². The molecular weight excluding hydrogens is 354 g/mol. The lowest BCUT2D eigenvalue weighted by Gasteiger charge is -2.19. The van der Waals surface area contributed by atoms with Gasteiger partial charge in [-0.25, -0.2) is 18.1 Å². The Morgan fingerprint density at radius 3 is 2.75 bits per heavy atom. The summed E-state index contributed by atoms with van der Waals surface area (Å²) in [6.07, 6.45) is 4.58. The van der Waals surface area contributed by atoms with Gasteiger partial charge in [0.2, 0.25) is 5.91 Å². The molecule has 4 N–H and O–H groups in total. The third-order valence-corrected chi connectivity index (χ3v) is 5.65. The van der Waals surface area contributed by atoms with Crippen molar-refractivity contribution in [1.29, 1.82) is 0 Å². The van der Waals surface area contributed by atoms with Crippen LogP contribution in [0.3, 0.4) is 0 Å². The van der Waals surface area contributed by atoms with Crippen LogP contribution in [0.1, 0.15) is 31.5 Å². The number of hydrogen-bond acceptors (Lipinski definition) is 5. The van der Waals surface area contributed by atoms with E-state index in [9.17, 15) is 13.2 Å². The van der Waals surface area contributed by atoms with Gasteiger partial charge in [-0.05, 0) is 32.2 Å². The lowest BCUT2D eigenvalue weighted by atomic mass is 10.0. The van der Waals surface area contributed by atoms with Gasteiger partial charge in [-0.2, -0.15) is 0 Å². The summed E-state index contributed by atoms with van der Waals surface area (Å²) in [4.78, 5) is 15.9. The Kier molecular flexibility index (Phi) is 7.65. The molecule has 138 valence electrons. The molecule has 0 spiro atoms. The van der Waals surface area contributed by atoms with Crippen molar-refractivity contribution in [3.63, 3.8) is 0 Å². The van der Waals surface area contributed by atoms with E-state index < -0.39 is 10.0 Å². The number of imidazole rings is 1. The van der Waals surface area contributed by atoms with Gasteiger partial charge in [0.25, 0.3) is 10.0 Å². The first-order valence-corrected chi connectivity index (χ1v) is 9.31. The molecule has 1 fully saturated rings. The van der Waals surface area contributed by atoms with E-state index in [1.165, 1.54) is 6.20 Å². The Morgan fingerprint density at radius 2 is 2.17 bits per heavy atom. The quantitative estimate of drug-likeness (QED) is 0.619. The first kappa shape index (κ1) is 20.9. The van der Waals surface area contributed by atoms with E-state index in [4.69, 9.17) is 5.73 Å². The predicted molar refractivity (Wildman–Crippen MR) is 93.3 cm³/mol. The van der Waals surface area contributed by atoms with Crippen molar-refractivity contribution in [3.8, 4) is 0 Å². The normalized spacial score (nSPS) is 20.6. The molecule has 0 aromatic carbocycles. The lowest BCUT2D eigenvalue weighted by molar-refractivity contribution is -0.121. The second kappa shape index (κ2) is 8.80. The van der Waals surface area contributed by atoms with Crippen LogP contribution < -0.4 is 15.8 Å². The zero-order chi connectivity index (χ0) is 17.0. The van der Waals surface area contributed by atoms with Crippen molar-refractivity contribution in [2.75, 3.05) is 13.1 Å². The average Bonchev–Trinajstić information content (AvgIpc) is 3.06. The fourth-order valence-corrected chi connectivity index (χ4v) is 3.88. The van der Waals surface area contributed by atoms with Crippen LogP contribution in [0, 0.1) is 12.8 Å². The molecule has 2 rings (SSSR count). The molecule has 1 amide bonds. The number of amides is 1. The third-order valence-electron chi connectivity index (χ3n) is 4.31. The number of nitrogens with zero attached hydrogens (tertiary/aromatic N) is 2. The van der Waals surface area contributed by atoms with Gasteiger partial charge in [0, 0.05) is 32.3 Å². The standard InChI is InChI=1S/C14H25N5O3S.ClH/c1-10-17-14(9-19(10)2)23(21,22)16-7-6-13(20)18-12-5-3-4-11(12)8-15;/h9,11-12,16H,3-8,15H2,1-2H3,(H,18,20);1H. The molecular formula is C14H26ClN5O3S. The van der Waals surface area contributed by atoms with Crippen molar-refractivity contribution in [2.24, 2.45) is 18.7 Å². The maximum absolute atomic E-state index is 12.1. The lowest BCUT2D eigenvalue weighted by Crippen LogP contribution is -2.41. The molecule has 0 bridgehead atoms. The molecule has 0 radical (unpaired) electrons. The van der Waals surface area contributed by atoms with Gasteiger partial charge in [-0.1, -0.05) is 6.42 Å². The molecule has 1 aromatic heterocycles. The molecule has 0 saturated heterocycles. The SMILES string of the molecule is Cc1nc(S(=O)(=O)NCCC(=O)NC2CCCC2CN)cn1C.Cl. The van der Waals surface area contributed by atoms with Gasteiger partial charge in [0.1, 0.15) is 5.82 Å². The Labute approximate surface area is 149 Å². The number of aromatic nitrogens is 2. The number of halogens is 1. The highest BCUT2D eigenvalue weighted by Gasteiger charge is 2.27. The number of nitrogens with two attached hydrogens (primary N) is 1. The Bertz CT molecular complexity index is 642. The molecule has 10 heteroatoms. The smallest absolute Gasteiger partial charge is 0.259 e. The second-order valence-electron chi connectivity index (χ2n) is 5.99. The van der Waals surface area contributed by atoms with Gasteiger partial charge in [-0.15, -0.1) is 12.4 Å². The number of carbonyl (C=O) groups excluding carboxylic acids is 1. The maximum Gasteiger partial charge on any atom is 0.259 e. The maximum atomic E-state index is 12.1. The Balaban J connectivity index is 0.00000288. The minimum absolute atomic E-state index is 0. The number of hydrogen-bond donors (Lipinski definition) is 3. The Morgan fingerprint density at radius 1 is 1.46 bits per heavy atom. The summed E-state index contributed by atoms with van der Waals surface area (Å²) in [7, 11) is -1.96. The van der Waals surface area contributed by atoms with E-state index in [2.05, 4.69) is 15.0 Å². The van der Waals surface area contributed by atoms with Crippen LogP contribution in [0.15, 0.2) is 11.2 Å². The van der Waals surface area contributed by atoms with Gasteiger partial charge >= 0.3 is 0 Å². The largest absolute Gasteiger partial charge is 0.353 e. The van der Waals surface area contributed by atoms with E-state index in [1.54, 1.807) is 18.5 Å². The summed E-state index contributed by atoms with van der Waals surface area (Å²) in [5.41, 5.74) is 5.68.